The molecule has 0 aromatic heterocycles. The molecule has 4 nitrogen and oxygen atoms in total. The van der Waals surface area contributed by atoms with Crippen LogP contribution in [0.15, 0.2) is 18.2 Å². The van der Waals surface area contributed by atoms with Crippen molar-refractivity contribution in [2.24, 2.45) is 5.41 Å². The molecule has 0 bridgehead atoms. The van der Waals surface area contributed by atoms with Crippen LogP contribution < -0.4 is 15.4 Å². The van der Waals surface area contributed by atoms with Crippen LogP contribution in [0.4, 0.5) is 5.69 Å². The Hall–Kier alpha value is -1.55. The van der Waals surface area contributed by atoms with Crippen LogP contribution in [-0.4, -0.2) is 26.1 Å². The van der Waals surface area contributed by atoms with Gasteiger partial charge in [-0.3, -0.25) is 4.79 Å². The van der Waals surface area contributed by atoms with Crippen molar-refractivity contribution < 1.29 is 9.53 Å². The Bertz CT molecular complexity index is 479. The summed E-state index contributed by atoms with van der Waals surface area (Å²) >= 11 is 0. The number of anilines is 1. The lowest BCUT2D eigenvalue weighted by Gasteiger charge is -2.35. The zero-order valence-corrected chi connectivity index (χ0v) is 12.6. The monoisotopic (exact) mass is 276 g/mol. The van der Waals surface area contributed by atoms with E-state index in [1.807, 2.05) is 25.1 Å². The Morgan fingerprint density at radius 1 is 1.40 bits per heavy atom. The summed E-state index contributed by atoms with van der Waals surface area (Å²) in [7, 11) is 1.63. The molecule has 1 saturated heterocycles. The largest absolute Gasteiger partial charge is 0.495 e. The van der Waals surface area contributed by atoms with Gasteiger partial charge in [-0.25, -0.2) is 0 Å². The van der Waals surface area contributed by atoms with Crippen molar-refractivity contribution >= 4 is 11.6 Å². The van der Waals surface area contributed by atoms with Gasteiger partial charge in [-0.2, -0.15) is 0 Å². The predicted octanol–water partition coefficient (Wildman–Crippen LogP) is 2.72. The van der Waals surface area contributed by atoms with Crippen LogP contribution >= 0.6 is 0 Å². The summed E-state index contributed by atoms with van der Waals surface area (Å²) in [6, 6.07) is 5.84. The third-order valence-electron chi connectivity index (χ3n) is 4.32. The van der Waals surface area contributed by atoms with Crippen molar-refractivity contribution in [3.8, 4) is 5.75 Å². The zero-order valence-electron chi connectivity index (χ0n) is 12.6. The lowest BCUT2D eigenvalue weighted by molar-refractivity contribution is -0.127. The molecule has 0 saturated carbocycles. The fourth-order valence-corrected chi connectivity index (χ4v) is 2.80. The van der Waals surface area contributed by atoms with Crippen LogP contribution in [0.5, 0.6) is 5.75 Å². The molecule has 1 aromatic rings. The van der Waals surface area contributed by atoms with Gasteiger partial charge < -0.3 is 15.4 Å². The van der Waals surface area contributed by atoms with Gasteiger partial charge in [-0.05, 0) is 57.0 Å². The number of amides is 1. The predicted molar refractivity (Wildman–Crippen MR) is 81.2 cm³/mol. The molecule has 4 heteroatoms. The molecule has 1 aliphatic rings. The van der Waals surface area contributed by atoms with Crippen LogP contribution in [0.1, 0.15) is 31.7 Å². The van der Waals surface area contributed by atoms with E-state index in [2.05, 4.69) is 17.6 Å². The number of rotatable bonds is 4. The normalized spacial score (nSPS) is 17.6. The Morgan fingerprint density at radius 3 is 2.70 bits per heavy atom. The average molecular weight is 276 g/mol. The number of carbonyl (C=O) groups excluding carboxylic acids is 1. The molecule has 0 unspecified atom stereocenters. The number of piperidine rings is 1. The molecule has 0 radical (unpaired) electrons. The maximum absolute atomic E-state index is 12.7. The van der Waals surface area contributed by atoms with E-state index < -0.39 is 0 Å². The van der Waals surface area contributed by atoms with Gasteiger partial charge in [-0.1, -0.05) is 13.0 Å². The summed E-state index contributed by atoms with van der Waals surface area (Å²) in [5, 5.41) is 6.38. The highest BCUT2D eigenvalue weighted by molar-refractivity contribution is 5.96. The Balaban J connectivity index is 2.18. The molecule has 2 N–H and O–H groups in total. The number of aryl methyl sites for hydroxylation is 1. The highest BCUT2D eigenvalue weighted by Crippen LogP contribution is 2.35. The second-order valence-corrected chi connectivity index (χ2v) is 5.54. The van der Waals surface area contributed by atoms with Crippen molar-refractivity contribution in [3.63, 3.8) is 0 Å². The highest BCUT2D eigenvalue weighted by atomic mass is 16.5. The molecule has 110 valence electrons. The Labute approximate surface area is 120 Å². The molecule has 1 fully saturated rings. The number of hydrogen-bond acceptors (Lipinski definition) is 3. The summed E-state index contributed by atoms with van der Waals surface area (Å²) in [5.74, 6) is 0.835. The molecule has 0 aliphatic carbocycles. The zero-order chi connectivity index (χ0) is 14.6. The van der Waals surface area contributed by atoms with Crippen LogP contribution in [0.2, 0.25) is 0 Å². The minimum atomic E-state index is -0.249. The second-order valence-electron chi connectivity index (χ2n) is 5.54. The number of benzene rings is 1. The highest BCUT2D eigenvalue weighted by Gasteiger charge is 2.37. The molecular formula is C16H24N2O2. The van der Waals surface area contributed by atoms with E-state index in [0.29, 0.717) is 0 Å². The maximum Gasteiger partial charge on any atom is 0.230 e. The van der Waals surface area contributed by atoms with Crippen molar-refractivity contribution in [2.45, 2.75) is 33.1 Å². The van der Waals surface area contributed by atoms with Crippen LogP contribution in [0.3, 0.4) is 0 Å². The van der Waals surface area contributed by atoms with Crippen LogP contribution in [0.25, 0.3) is 0 Å². The fourth-order valence-electron chi connectivity index (χ4n) is 2.80. The van der Waals surface area contributed by atoms with Crippen molar-refractivity contribution in [1.29, 1.82) is 0 Å². The Morgan fingerprint density at radius 2 is 2.10 bits per heavy atom. The summed E-state index contributed by atoms with van der Waals surface area (Å²) in [4.78, 5) is 12.7. The molecule has 0 spiro atoms. The first-order valence-electron chi connectivity index (χ1n) is 7.28. The molecule has 20 heavy (non-hydrogen) atoms. The van der Waals surface area contributed by atoms with Gasteiger partial charge >= 0.3 is 0 Å². The minimum absolute atomic E-state index is 0.114. The molecule has 2 rings (SSSR count). The smallest absolute Gasteiger partial charge is 0.230 e. The number of carbonyl (C=O) groups is 1. The molecule has 1 aromatic carbocycles. The van der Waals surface area contributed by atoms with Crippen LogP contribution in [0, 0.1) is 12.3 Å². The number of hydrogen-bond donors (Lipinski definition) is 2. The third kappa shape index (κ3) is 2.96. The van der Waals surface area contributed by atoms with Crippen molar-refractivity contribution in [2.75, 3.05) is 25.5 Å². The van der Waals surface area contributed by atoms with E-state index >= 15 is 0 Å². The standard InChI is InChI=1S/C16H24N2O2/c1-4-16(7-9-17-10-8-16)15(19)18-13-6-5-12(2)11-14(13)20-3/h5-6,11,17H,4,7-10H2,1-3H3,(H,18,19). The lowest BCUT2D eigenvalue weighted by Crippen LogP contribution is -2.44. The number of methoxy groups -OCH3 is 1. The van der Waals surface area contributed by atoms with E-state index in [9.17, 15) is 4.79 Å². The quantitative estimate of drug-likeness (QED) is 0.889. The lowest BCUT2D eigenvalue weighted by atomic mass is 9.76. The molecule has 1 heterocycles. The summed E-state index contributed by atoms with van der Waals surface area (Å²) in [6.07, 6.45) is 2.65. The average Bonchev–Trinajstić information content (AvgIpc) is 2.49. The van der Waals surface area contributed by atoms with E-state index in [1.54, 1.807) is 7.11 Å². The SMILES string of the molecule is CCC1(C(=O)Nc2ccc(C)cc2OC)CCNCC1. The first-order valence-corrected chi connectivity index (χ1v) is 7.28. The first kappa shape index (κ1) is 14.9. The molecular weight excluding hydrogens is 252 g/mol. The fraction of sp³-hybridized carbons (Fsp3) is 0.562. The van der Waals surface area contributed by atoms with Crippen LogP contribution in [-0.2, 0) is 4.79 Å². The molecule has 1 amide bonds. The topological polar surface area (TPSA) is 50.4 Å². The maximum atomic E-state index is 12.7. The first-order chi connectivity index (χ1) is 9.61. The second kappa shape index (κ2) is 6.27. The summed E-state index contributed by atoms with van der Waals surface area (Å²) < 4.78 is 5.35. The summed E-state index contributed by atoms with van der Waals surface area (Å²) in [5.41, 5.74) is 1.63. The number of nitrogens with one attached hydrogen (secondary N) is 2. The van der Waals surface area contributed by atoms with Gasteiger partial charge in [0, 0.05) is 0 Å². The molecule has 0 atom stereocenters. The van der Waals surface area contributed by atoms with E-state index in [-0.39, 0.29) is 11.3 Å². The van der Waals surface area contributed by atoms with Gasteiger partial charge in [-0.15, -0.1) is 0 Å². The van der Waals surface area contributed by atoms with E-state index in [4.69, 9.17) is 4.74 Å². The van der Waals surface area contributed by atoms with E-state index in [1.165, 1.54) is 0 Å². The minimum Gasteiger partial charge on any atom is -0.495 e. The Kier molecular flexibility index (Phi) is 4.65. The van der Waals surface area contributed by atoms with Gasteiger partial charge in [0.2, 0.25) is 5.91 Å². The van der Waals surface area contributed by atoms with Crippen molar-refractivity contribution in [1.82, 2.24) is 5.32 Å². The van der Waals surface area contributed by atoms with Gasteiger partial charge in [0.15, 0.2) is 0 Å². The number of ether oxygens (including phenoxy) is 1. The van der Waals surface area contributed by atoms with E-state index in [0.717, 1.165) is 49.4 Å². The van der Waals surface area contributed by atoms with Crippen molar-refractivity contribution in [3.05, 3.63) is 23.8 Å². The third-order valence-corrected chi connectivity index (χ3v) is 4.32. The summed E-state index contributed by atoms with van der Waals surface area (Å²) in [6.45, 7) is 5.92. The van der Waals surface area contributed by atoms with Gasteiger partial charge in [0.1, 0.15) is 5.75 Å². The molecule has 1 aliphatic heterocycles. The van der Waals surface area contributed by atoms with Gasteiger partial charge in [0.05, 0.1) is 18.2 Å². The van der Waals surface area contributed by atoms with Gasteiger partial charge in [0.25, 0.3) is 0 Å².